The first-order valence-electron chi connectivity index (χ1n) is 7.37. The number of carbonyl (C=O) groups excluding carboxylic acids is 1. The summed E-state index contributed by atoms with van der Waals surface area (Å²) in [6.45, 7) is 3.09. The van der Waals surface area contributed by atoms with E-state index in [1.807, 2.05) is 36.1 Å². The zero-order valence-electron chi connectivity index (χ0n) is 12.1. The number of hydrogen-bond acceptors (Lipinski definition) is 2. The second kappa shape index (κ2) is 7.25. The third kappa shape index (κ3) is 3.94. The Morgan fingerprint density at radius 1 is 1.50 bits per heavy atom. The van der Waals surface area contributed by atoms with E-state index in [1.54, 1.807) is 6.08 Å². The van der Waals surface area contributed by atoms with Crippen molar-refractivity contribution >= 4 is 12.0 Å². The monoisotopic (exact) mass is 273 g/mol. The molecule has 1 saturated heterocycles. The van der Waals surface area contributed by atoms with Crippen LogP contribution >= 0.6 is 0 Å². The van der Waals surface area contributed by atoms with Crippen molar-refractivity contribution in [2.24, 2.45) is 0 Å². The van der Waals surface area contributed by atoms with E-state index in [1.165, 1.54) is 5.56 Å². The van der Waals surface area contributed by atoms with Crippen LogP contribution < -0.4 is 0 Å². The number of aliphatic hydroxyl groups excluding tert-OH is 1. The first kappa shape index (κ1) is 14.8. The van der Waals surface area contributed by atoms with Gasteiger partial charge in [0, 0.05) is 25.3 Å². The Morgan fingerprint density at radius 2 is 2.35 bits per heavy atom. The normalized spacial score (nSPS) is 18.9. The van der Waals surface area contributed by atoms with Crippen molar-refractivity contribution in [1.29, 1.82) is 0 Å². The average molecular weight is 273 g/mol. The summed E-state index contributed by atoms with van der Waals surface area (Å²) in [5.74, 6) is 0.0898. The fourth-order valence-corrected chi connectivity index (χ4v) is 2.79. The Kier molecular flexibility index (Phi) is 5.36. The number of nitrogens with zero attached hydrogens (tertiary/aromatic N) is 1. The van der Waals surface area contributed by atoms with Gasteiger partial charge in [0.1, 0.15) is 0 Å². The minimum atomic E-state index is 0.0898. The van der Waals surface area contributed by atoms with Gasteiger partial charge in [0.05, 0.1) is 0 Å². The van der Waals surface area contributed by atoms with Crippen LogP contribution in [0.2, 0.25) is 0 Å². The van der Waals surface area contributed by atoms with Crippen molar-refractivity contribution in [2.75, 3.05) is 13.2 Å². The molecule has 1 aromatic carbocycles. The highest BCUT2D eigenvalue weighted by atomic mass is 16.3. The molecule has 0 aliphatic carbocycles. The molecule has 0 spiro atoms. The molecule has 2 rings (SSSR count). The Balaban J connectivity index is 1.96. The van der Waals surface area contributed by atoms with Crippen LogP contribution in [0.4, 0.5) is 0 Å². The minimum Gasteiger partial charge on any atom is -0.396 e. The molecule has 1 N–H and O–H groups in total. The Bertz CT molecular complexity index is 482. The molecule has 1 amide bonds. The van der Waals surface area contributed by atoms with E-state index in [2.05, 4.69) is 6.07 Å². The van der Waals surface area contributed by atoms with E-state index in [0.717, 1.165) is 37.8 Å². The smallest absolute Gasteiger partial charge is 0.246 e. The van der Waals surface area contributed by atoms with Gasteiger partial charge in [-0.2, -0.15) is 0 Å². The van der Waals surface area contributed by atoms with E-state index in [0.29, 0.717) is 6.04 Å². The molecule has 1 fully saturated rings. The first-order valence-corrected chi connectivity index (χ1v) is 7.37. The number of aryl methyl sites for hydroxylation is 1. The lowest BCUT2D eigenvalue weighted by molar-refractivity contribution is -0.126. The van der Waals surface area contributed by atoms with Gasteiger partial charge in [-0.3, -0.25) is 4.79 Å². The Labute approximate surface area is 120 Å². The quantitative estimate of drug-likeness (QED) is 0.838. The zero-order valence-corrected chi connectivity index (χ0v) is 12.1. The predicted octanol–water partition coefficient (Wildman–Crippen LogP) is 2.77. The molecule has 1 aliphatic rings. The minimum absolute atomic E-state index is 0.0898. The molecule has 0 bridgehead atoms. The largest absolute Gasteiger partial charge is 0.396 e. The molecule has 0 radical (unpaired) electrons. The highest BCUT2D eigenvalue weighted by molar-refractivity contribution is 5.92. The average Bonchev–Trinajstić information content (AvgIpc) is 2.91. The highest BCUT2D eigenvalue weighted by Gasteiger charge is 2.26. The van der Waals surface area contributed by atoms with Crippen LogP contribution in [-0.4, -0.2) is 35.1 Å². The SMILES string of the molecule is Cc1cccc(C=CC(=O)N2CCCC2CCCO)c1. The molecule has 1 heterocycles. The molecule has 1 atom stereocenters. The van der Waals surface area contributed by atoms with Crippen molar-refractivity contribution in [3.8, 4) is 0 Å². The van der Waals surface area contributed by atoms with Gasteiger partial charge in [-0.25, -0.2) is 0 Å². The van der Waals surface area contributed by atoms with Crippen LogP contribution in [0.5, 0.6) is 0 Å². The highest BCUT2D eigenvalue weighted by Crippen LogP contribution is 2.21. The number of hydrogen-bond donors (Lipinski definition) is 1. The van der Waals surface area contributed by atoms with E-state index < -0.39 is 0 Å². The van der Waals surface area contributed by atoms with Gasteiger partial charge in [0.2, 0.25) is 5.91 Å². The number of amides is 1. The lowest BCUT2D eigenvalue weighted by Gasteiger charge is -2.23. The Hall–Kier alpha value is -1.61. The van der Waals surface area contributed by atoms with Crippen LogP contribution in [0, 0.1) is 6.92 Å². The number of likely N-dealkylation sites (tertiary alicyclic amines) is 1. The summed E-state index contributed by atoms with van der Waals surface area (Å²) in [6, 6.07) is 8.42. The summed E-state index contributed by atoms with van der Waals surface area (Å²) in [7, 11) is 0. The van der Waals surface area contributed by atoms with Gasteiger partial charge in [0.25, 0.3) is 0 Å². The van der Waals surface area contributed by atoms with Crippen molar-refractivity contribution in [3.63, 3.8) is 0 Å². The van der Waals surface area contributed by atoms with Crippen LogP contribution in [0.1, 0.15) is 36.8 Å². The van der Waals surface area contributed by atoms with Crippen LogP contribution in [0.15, 0.2) is 30.3 Å². The third-order valence-corrected chi connectivity index (χ3v) is 3.82. The van der Waals surface area contributed by atoms with Crippen LogP contribution in [0.3, 0.4) is 0 Å². The summed E-state index contributed by atoms with van der Waals surface area (Å²) >= 11 is 0. The molecule has 3 nitrogen and oxygen atoms in total. The van der Waals surface area contributed by atoms with Gasteiger partial charge in [-0.05, 0) is 44.2 Å². The van der Waals surface area contributed by atoms with Crippen LogP contribution in [-0.2, 0) is 4.79 Å². The fraction of sp³-hybridized carbons (Fsp3) is 0.471. The van der Waals surface area contributed by atoms with E-state index in [-0.39, 0.29) is 12.5 Å². The standard InChI is InChI=1S/C17H23NO2/c1-14-5-2-6-15(13-14)9-10-17(20)18-11-3-7-16(18)8-4-12-19/h2,5-6,9-10,13,16,19H,3-4,7-8,11-12H2,1H3. The van der Waals surface area contributed by atoms with Gasteiger partial charge >= 0.3 is 0 Å². The summed E-state index contributed by atoms with van der Waals surface area (Å²) < 4.78 is 0. The molecule has 3 heteroatoms. The zero-order chi connectivity index (χ0) is 14.4. The van der Waals surface area contributed by atoms with Crippen molar-refractivity contribution in [2.45, 2.75) is 38.6 Å². The second-order valence-electron chi connectivity index (χ2n) is 5.44. The number of rotatable bonds is 5. The maximum Gasteiger partial charge on any atom is 0.246 e. The molecule has 20 heavy (non-hydrogen) atoms. The van der Waals surface area contributed by atoms with Crippen molar-refractivity contribution < 1.29 is 9.90 Å². The van der Waals surface area contributed by atoms with Crippen molar-refractivity contribution in [3.05, 3.63) is 41.5 Å². The summed E-state index contributed by atoms with van der Waals surface area (Å²) in [4.78, 5) is 14.2. The molecule has 0 aromatic heterocycles. The maximum atomic E-state index is 12.3. The molecule has 1 unspecified atom stereocenters. The fourth-order valence-electron chi connectivity index (χ4n) is 2.79. The van der Waals surface area contributed by atoms with Gasteiger partial charge in [0.15, 0.2) is 0 Å². The van der Waals surface area contributed by atoms with Crippen LogP contribution in [0.25, 0.3) is 6.08 Å². The summed E-state index contributed by atoms with van der Waals surface area (Å²) in [5, 5.41) is 8.91. The third-order valence-electron chi connectivity index (χ3n) is 3.82. The molecule has 108 valence electrons. The topological polar surface area (TPSA) is 40.5 Å². The molecule has 0 saturated carbocycles. The summed E-state index contributed by atoms with van der Waals surface area (Å²) in [5.41, 5.74) is 2.26. The van der Waals surface area contributed by atoms with E-state index >= 15 is 0 Å². The van der Waals surface area contributed by atoms with E-state index in [4.69, 9.17) is 5.11 Å². The molecule has 1 aliphatic heterocycles. The predicted molar refractivity (Wildman–Crippen MR) is 81.3 cm³/mol. The van der Waals surface area contributed by atoms with Gasteiger partial charge in [-0.15, -0.1) is 0 Å². The first-order chi connectivity index (χ1) is 9.70. The lowest BCUT2D eigenvalue weighted by atomic mass is 10.1. The Morgan fingerprint density at radius 3 is 3.10 bits per heavy atom. The maximum absolute atomic E-state index is 12.3. The van der Waals surface area contributed by atoms with Gasteiger partial charge in [-0.1, -0.05) is 29.8 Å². The second-order valence-corrected chi connectivity index (χ2v) is 5.44. The number of benzene rings is 1. The van der Waals surface area contributed by atoms with Crippen molar-refractivity contribution in [1.82, 2.24) is 4.90 Å². The molecular formula is C17H23NO2. The summed E-state index contributed by atoms with van der Waals surface area (Å²) in [6.07, 6.45) is 7.36. The molecular weight excluding hydrogens is 250 g/mol. The van der Waals surface area contributed by atoms with E-state index in [9.17, 15) is 4.79 Å². The number of aliphatic hydroxyl groups is 1. The van der Waals surface area contributed by atoms with Gasteiger partial charge < -0.3 is 10.0 Å². The lowest BCUT2D eigenvalue weighted by Crippen LogP contribution is -2.34. The molecule has 1 aromatic rings. The number of carbonyl (C=O) groups is 1.